The minimum absolute atomic E-state index is 0.00886. The van der Waals surface area contributed by atoms with Gasteiger partial charge in [-0.1, -0.05) is 23.2 Å². The van der Waals surface area contributed by atoms with Crippen LogP contribution in [-0.4, -0.2) is 11.2 Å². The number of carbonyl (C=O) groups is 1. The molecule has 0 saturated carbocycles. The lowest BCUT2D eigenvalue weighted by molar-refractivity contribution is -0.385. The number of nitro benzene ring substituents is 1. The van der Waals surface area contributed by atoms with Crippen molar-refractivity contribution < 1.29 is 18.8 Å². The van der Waals surface area contributed by atoms with Crippen molar-refractivity contribution in [3.8, 4) is 11.5 Å². The van der Waals surface area contributed by atoms with E-state index >= 15 is 0 Å². The maximum Gasteiger partial charge on any atom is 0.313 e. The number of nitro groups is 1. The van der Waals surface area contributed by atoms with E-state index in [2.05, 4.69) is 0 Å². The highest BCUT2D eigenvalue weighted by atomic mass is 35.5. The van der Waals surface area contributed by atoms with Crippen LogP contribution in [0.1, 0.15) is 10.4 Å². The Labute approximate surface area is 128 Å². The van der Waals surface area contributed by atoms with Crippen LogP contribution in [-0.2, 0) is 0 Å². The molecule has 0 amide bonds. The molecular formula is C13H6Cl2FNO4. The van der Waals surface area contributed by atoms with Crippen LogP contribution in [0.25, 0.3) is 0 Å². The van der Waals surface area contributed by atoms with Gasteiger partial charge in [0.2, 0.25) is 5.75 Å². The van der Waals surface area contributed by atoms with Crippen LogP contribution in [0, 0.1) is 15.9 Å². The molecule has 108 valence electrons. The average molecular weight is 330 g/mol. The van der Waals surface area contributed by atoms with Gasteiger partial charge in [-0.25, -0.2) is 4.39 Å². The van der Waals surface area contributed by atoms with Gasteiger partial charge < -0.3 is 4.74 Å². The molecular weight excluding hydrogens is 324 g/mol. The standard InChI is InChI=1S/C13H6Cl2FNO4/c14-9-4-11(17(19)20)13(5-10(9)15)21-12-2-1-8(16)3-7(12)6-18/h1-6H. The fourth-order valence-corrected chi connectivity index (χ4v) is 1.88. The van der Waals surface area contributed by atoms with Gasteiger partial charge in [0.25, 0.3) is 0 Å². The molecule has 5 nitrogen and oxygen atoms in total. The molecule has 0 aromatic heterocycles. The third kappa shape index (κ3) is 3.29. The van der Waals surface area contributed by atoms with Crippen molar-refractivity contribution in [1.82, 2.24) is 0 Å². The Balaban J connectivity index is 2.51. The molecule has 0 atom stereocenters. The number of hydrogen-bond donors (Lipinski definition) is 0. The van der Waals surface area contributed by atoms with E-state index in [-0.39, 0.29) is 27.1 Å². The number of aldehydes is 1. The summed E-state index contributed by atoms with van der Waals surface area (Å²) in [5, 5.41) is 11.0. The van der Waals surface area contributed by atoms with Gasteiger partial charge in [-0.2, -0.15) is 0 Å². The Morgan fingerprint density at radius 3 is 2.43 bits per heavy atom. The minimum atomic E-state index is -0.707. The number of ether oxygens (including phenoxy) is 1. The molecule has 0 radical (unpaired) electrons. The van der Waals surface area contributed by atoms with E-state index in [9.17, 15) is 19.3 Å². The first-order valence-corrected chi connectivity index (χ1v) is 6.24. The van der Waals surface area contributed by atoms with Crippen molar-refractivity contribution in [2.24, 2.45) is 0 Å². The van der Waals surface area contributed by atoms with Crippen molar-refractivity contribution in [3.05, 3.63) is 61.9 Å². The monoisotopic (exact) mass is 329 g/mol. The van der Waals surface area contributed by atoms with E-state index in [0.29, 0.717) is 6.29 Å². The SMILES string of the molecule is O=Cc1cc(F)ccc1Oc1cc(Cl)c(Cl)cc1[N+](=O)[O-]. The predicted octanol–water partition coefficient (Wildman–Crippen LogP) is 4.65. The lowest BCUT2D eigenvalue weighted by Crippen LogP contribution is -1.96. The molecule has 0 bridgehead atoms. The molecule has 0 saturated heterocycles. The van der Waals surface area contributed by atoms with Gasteiger partial charge >= 0.3 is 5.69 Å². The molecule has 0 heterocycles. The first kappa shape index (κ1) is 15.2. The van der Waals surface area contributed by atoms with E-state index < -0.39 is 16.4 Å². The van der Waals surface area contributed by atoms with Gasteiger partial charge in [-0.05, 0) is 18.2 Å². The fourth-order valence-electron chi connectivity index (χ4n) is 1.57. The lowest BCUT2D eigenvalue weighted by Gasteiger charge is -2.09. The Morgan fingerprint density at radius 1 is 1.14 bits per heavy atom. The van der Waals surface area contributed by atoms with Gasteiger partial charge in [0, 0.05) is 12.1 Å². The van der Waals surface area contributed by atoms with Crippen molar-refractivity contribution in [2.45, 2.75) is 0 Å². The lowest BCUT2D eigenvalue weighted by atomic mass is 10.2. The van der Waals surface area contributed by atoms with Crippen molar-refractivity contribution >= 4 is 35.2 Å². The molecule has 0 N–H and O–H groups in total. The van der Waals surface area contributed by atoms with Crippen LogP contribution in [0.3, 0.4) is 0 Å². The molecule has 2 rings (SSSR count). The molecule has 0 spiro atoms. The van der Waals surface area contributed by atoms with E-state index in [1.807, 2.05) is 0 Å². The van der Waals surface area contributed by atoms with E-state index in [0.717, 1.165) is 24.3 Å². The molecule has 0 unspecified atom stereocenters. The zero-order chi connectivity index (χ0) is 15.6. The third-order valence-corrected chi connectivity index (χ3v) is 3.24. The Kier molecular flexibility index (Phi) is 4.40. The Bertz CT molecular complexity index is 736. The quantitative estimate of drug-likeness (QED) is 0.465. The van der Waals surface area contributed by atoms with Crippen molar-refractivity contribution in [1.29, 1.82) is 0 Å². The van der Waals surface area contributed by atoms with Crippen LogP contribution in [0.5, 0.6) is 11.5 Å². The van der Waals surface area contributed by atoms with Gasteiger partial charge in [0.15, 0.2) is 6.29 Å². The molecule has 8 heteroatoms. The first-order chi connectivity index (χ1) is 9.92. The zero-order valence-electron chi connectivity index (χ0n) is 10.2. The fraction of sp³-hybridized carbons (Fsp3) is 0. The Morgan fingerprint density at radius 2 is 1.81 bits per heavy atom. The number of halogens is 3. The van der Waals surface area contributed by atoms with Crippen LogP contribution >= 0.6 is 23.2 Å². The zero-order valence-corrected chi connectivity index (χ0v) is 11.7. The molecule has 0 aliphatic rings. The second-order valence-electron chi connectivity index (χ2n) is 3.89. The smallest absolute Gasteiger partial charge is 0.313 e. The minimum Gasteiger partial charge on any atom is -0.449 e. The van der Waals surface area contributed by atoms with Crippen LogP contribution in [0.15, 0.2) is 30.3 Å². The summed E-state index contributed by atoms with van der Waals surface area (Å²) in [5.74, 6) is -0.870. The van der Waals surface area contributed by atoms with Gasteiger partial charge in [0.1, 0.15) is 11.6 Å². The van der Waals surface area contributed by atoms with E-state index in [1.165, 1.54) is 6.07 Å². The predicted molar refractivity (Wildman–Crippen MR) is 75.0 cm³/mol. The Hall–Kier alpha value is -2.18. The topological polar surface area (TPSA) is 69.4 Å². The maximum atomic E-state index is 13.0. The summed E-state index contributed by atoms with van der Waals surface area (Å²) < 4.78 is 18.3. The molecule has 0 aliphatic heterocycles. The second-order valence-corrected chi connectivity index (χ2v) is 4.71. The summed E-state index contributed by atoms with van der Waals surface area (Å²) in [4.78, 5) is 21.2. The van der Waals surface area contributed by atoms with E-state index in [4.69, 9.17) is 27.9 Å². The largest absolute Gasteiger partial charge is 0.449 e. The third-order valence-electron chi connectivity index (χ3n) is 2.52. The maximum absolute atomic E-state index is 13.0. The number of nitrogens with zero attached hydrogens (tertiary/aromatic N) is 1. The summed E-state index contributed by atoms with van der Waals surface area (Å²) in [7, 11) is 0. The summed E-state index contributed by atoms with van der Waals surface area (Å²) in [5.41, 5.74) is -0.513. The van der Waals surface area contributed by atoms with Crippen molar-refractivity contribution in [2.75, 3.05) is 0 Å². The van der Waals surface area contributed by atoms with Crippen LogP contribution in [0.2, 0.25) is 10.0 Å². The number of carbonyl (C=O) groups excluding carboxylic acids is 1. The first-order valence-electron chi connectivity index (χ1n) is 5.48. The highest BCUT2D eigenvalue weighted by molar-refractivity contribution is 6.42. The van der Waals surface area contributed by atoms with Gasteiger partial charge in [-0.15, -0.1) is 0 Å². The van der Waals surface area contributed by atoms with E-state index in [1.54, 1.807) is 0 Å². The number of hydrogen-bond acceptors (Lipinski definition) is 4. The van der Waals surface area contributed by atoms with Gasteiger partial charge in [-0.3, -0.25) is 14.9 Å². The normalized spacial score (nSPS) is 10.2. The molecule has 2 aromatic carbocycles. The molecule has 0 fully saturated rings. The highest BCUT2D eigenvalue weighted by Gasteiger charge is 2.20. The van der Waals surface area contributed by atoms with Gasteiger partial charge in [0.05, 0.1) is 20.5 Å². The molecule has 2 aromatic rings. The summed E-state index contributed by atoms with van der Waals surface area (Å²) >= 11 is 11.5. The number of rotatable bonds is 4. The molecule has 21 heavy (non-hydrogen) atoms. The van der Waals surface area contributed by atoms with Crippen LogP contribution in [0.4, 0.5) is 10.1 Å². The van der Waals surface area contributed by atoms with Crippen LogP contribution < -0.4 is 4.74 Å². The summed E-state index contributed by atoms with van der Waals surface area (Å²) in [6.07, 6.45) is 0.377. The number of benzene rings is 2. The summed E-state index contributed by atoms with van der Waals surface area (Å²) in [6, 6.07) is 5.38. The second kappa shape index (κ2) is 6.07. The average Bonchev–Trinajstić information content (AvgIpc) is 2.44. The highest BCUT2D eigenvalue weighted by Crippen LogP contribution is 2.38. The molecule has 0 aliphatic carbocycles. The summed E-state index contributed by atoms with van der Waals surface area (Å²) in [6.45, 7) is 0. The van der Waals surface area contributed by atoms with Crippen molar-refractivity contribution in [3.63, 3.8) is 0 Å².